The number of aldehydes is 1. The van der Waals surface area contributed by atoms with Gasteiger partial charge in [-0.1, -0.05) is 12.1 Å². The van der Waals surface area contributed by atoms with Crippen molar-refractivity contribution in [2.24, 2.45) is 0 Å². The third-order valence-corrected chi connectivity index (χ3v) is 3.38. The molecule has 21 heavy (non-hydrogen) atoms. The number of hydrogen-bond acceptors (Lipinski definition) is 4. The monoisotopic (exact) mass is 292 g/mol. The van der Waals surface area contributed by atoms with Gasteiger partial charge in [-0.15, -0.1) is 0 Å². The van der Waals surface area contributed by atoms with Gasteiger partial charge in [-0.25, -0.2) is 4.39 Å². The second kappa shape index (κ2) is 5.82. The molecule has 3 amide bonds. The molecule has 0 radical (unpaired) electrons. The van der Waals surface area contributed by atoms with Gasteiger partial charge in [-0.3, -0.25) is 24.5 Å². The lowest BCUT2D eigenvalue weighted by molar-refractivity contribution is -0.136. The van der Waals surface area contributed by atoms with Crippen LogP contribution in [-0.4, -0.2) is 42.0 Å². The molecule has 0 aromatic heterocycles. The Hall–Kier alpha value is -2.57. The van der Waals surface area contributed by atoms with E-state index in [0.29, 0.717) is 6.29 Å². The van der Waals surface area contributed by atoms with Crippen molar-refractivity contribution < 1.29 is 23.6 Å². The van der Waals surface area contributed by atoms with Gasteiger partial charge < -0.3 is 4.90 Å². The first-order valence-corrected chi connectivity index (χ1v) is 6.30. The van der Waals surface area contributed by atoms with Crippen LogP contribution in [0.1, 0.15) is 33.6 Å². The SMILES string of the molecule is CN(C(=O)c1c(F)cccc1C=O)C1CCC(=O)NC1=O. The molecule has 1 aromatic carbocycles. The minimum absolute atomic E-state index is 0.0841. The van der Waals surface area contributed by atoms with Crippen LogP contribution in [0.3, 0.4) is 0 Å². The van der Waals surface area contributed by atoms with E-state index < -0.39 is 29.6 Å². The molecule has 1 aliphatic heterocycles. The third-order valence-electron chi connectivity index (χ3n) is 3.38. The highest BCUT2D eigenvalue weighted by Crippen LogP contribution is 2.18. The van der Waals surface area contributed by atoms with Crippen LogP contribution in [-0.2, 0) is 9.59 Å². The van der Waals surface area contributed by atoms with Crippen LogP contribution in [0.4, 0.5) is 4.39 Å². The van der Waals surface area contributed by atoms with Gasteiger partial charge in [0, 0.05) is 19.0 Å². The van der Waals surface area contributed by atoms with Gasteiger partial charge in [-0.2, -0.15) is 0 Å². The molecule has 1 unspecified atom stereocenters. The fourth-order valence-electron chi connectivity index (χ4n) is 2.23. The summed E-state index contributed by atoms with van der Waals surface area (Å²) in [5.74, 6) is -2.61. The summed E-state index contributed by atoms with van der Waals surface area (Å²) in [6, 6.07) is 2.84. The Morgan fingerprint density at radius 1 is 1.43 bits per heavy atom. The average Bonchev–Trinajstić information content (AvgIpc) is 2.45. The summed E-state index contributed by atoms with van der Waals surface area (Å²) in [4.78, 5) is 47.1. The molecule has 1 N–H and O–H groups in total. The van der Waals surface area contributed by atoms with E-state index in [1.807, 2.05) is 0 Å². The Morgan fingerprint density at radius 3 is 2.76 bits per heavy atom. The summed E-state index contributed by atoms with van der Waals surface area (Å²) < 4.78 is 13.8. The smallest absolute Gasteiger partial charge is 0.257 e. The van der Waals surface area contributed by atoms with Crippen LogP contribution < -0.4 is 5.32 Å². The van der Waals surface area contributed by atoms with E-state index >= 15 is 0 Å². The number of imide groups is 1. The largest absolute Gasteiger partial charge is 0.330 e. The van der Waals surface area contributed by atoms with E-state index in [9.17, 15) is 23.6 Å². The van der Waals surface area contributed by atoms with E-state index in [0.717, 1.165) is 11.0 Å². The number of rotatable bonds is 3. The Kier molecular flexibility index (Phi) is 4.11. The van der Waals surface area contributed by atoms with E-state index in [1.54, 1.807) is 0 Å². The van der Waals surface area contributed by atoms with Crippen LogP contribution in [0.15, 0.2) is 18.2 Å². The standard InChI is InChI=1S/C14H13FN2O4/c1-17(10-5-6-11(19)16-13(10)20)14(21)12-8(7-18)3-2-4-9(12)15/h2-4,7,10H,5-6H2,1H3,(H,16,19,20). The zero-order chi connectivity index (χ0) is 15.6. The number of carbonyl (C=O) groups excluding carboxylic acids is 4. The summed E-state index contributed by atoms with van der Waals surface area (Å²) in [6.45, 7) is 0. The summed E-state index contributed by atoms with van der Waals surface area (Å²) >= 11 is 0. The van der Waals surface area contributed by atoms with Crippen molar-refractivity contribution in [3.8, 4) is 0 Å². The van der Waals surface area contributed by atoms with Gasteiger partial charge in [0.05, 0.1) is 5.56 Å². The summed E-state index contributed by atoms with van der Waals surface area (Å²) in [7, 11) is 1.34. The van der Waals surface area contributed by atoms with Crippen molar-refractivity contribution >= 4 is 24.0 Å². The normalized spacial score (nSPS) is 18.1. The first-order valence-electron chi connectivity index (χ1n) is 6.30. The van der Waals surface area contributed by atoms with Crippen molar-refractivity contribution in [1.29, 1.82) is 0 Å². The van der Waals surface area contributed by atoms with Gasteiger partial charge in [0.2, 0.25) is 11.8 Å². The lowest BCUT2D eigenvalue weighted by atomic mass is 10.0. The number of likely N-dealkylation sites (N-methyl/N-ethyl adjacent to an activating group) is 1. The number of piperidine rings is 1. The number of nitrogens with one attached hydrogen (secondary N) is 1. The molecule has 1 saturated heterocycles. The van der Waals surface area contributed by atoms with Gasteiger partial charge in [0.1, 0.15) is 11.9 Å². The maximum atomic E-state index is 13.8. The molecular formula is C14H13FN2O4. The second-order valence-electron chi connectivity index (χ2n) is 4.70. The predicted octanol–water partition coefficient (Wildman–Crippen LogP) is 0.515. The number of hydrogen-bond donors (Lipinski definition) is 1. The highest BCUT2D eigenvalue weighted by atomic mass is 19.1. The van der Waals surface area contributed by atoms with Gasteiger partial charge in [-0.05, 0) is 12.5 Å². The van der Waals surface area contributed by atoms with Crippen LogP contribution >= 0.6 is 0 Å². The fraction of sp³-hybridized carbons (Fsp3) is 0.286. The Labute approximate surface area is 119 Å². The number of nitrogens with zero attached hydrogens (tertiary/aromatic N) is 1. The first kappa shape index (κ1) is 14.8. The van der Waals surface area contributed by atoms with Crippen LogP contribution in [0.25, 0.3) is 0 Å². The molecule has 1 aromatic rings. The van der Waals surface area contributed by atoms with Crippen LogP contribution in [0.2, 0.25) is 0 Å². The zero-order valence-electron chi connectivity index (χ0n) is 11.3. The molecule has 110 valence electrons. The van der Waals surface area contributed by atoms with Crippen molar-refractivity contribution in [2.45, 2.75) is 18.9 Å². The van der Waals surface area contributed by atoms with Crippen LogP contribution in [0, 0.1) is 5.82 Å². The maximum absolute atomic E-state index is 13.8. The molecule has 1 atom stereocenters. The van der Waals surface area contributed by atoms with Gasteiger partial charge in [0.15, 0.2) is 6.29 Å². The highest BCUT2D eigenvalue weighted by molar-refractivity contribution is 6.06. The summed E-state index contributed by atoms with van der Waals surface area (Å²) in [5, 5.41) is 2.12. The highest BCUT2D eigenvalue weighted by Gasteiger charge is 2.34. The summed E-state index contributed by atoms with van der Waals surface area (Å²) in [5.41, 5.74) is -0.459. The maximum Gasteiger partial charge on any atom is 0.257 e. The Morgan fingerprint density at radius 2 is 2.14 bits per heavy atom. The van der Waals surface area contributed by atoms with E-state index in [2.05, 4.69) is 5.32 Å². The Bertz CT molecular complexity index is 629. The molecule has 0 spiro atoms. The first-order chi connectivity index (χ1) is 9.95. The molecule has 0 bridgehead atoms. The van der Waals surface area contributed by atoms with Crippen molar-refractivity contribution in [3.63, 3.8) is 0 Å². The molecule has 0 saturated carbocycles. The third kappa shape index (κ3) is 2.81. The summed E-state index contributed by atoms with van der Waals surface area (Å²) in [6.07, 6.45) is 0.651. The quantitative estimate of drug-likeness (QED) is 0.650. The molecule has 0 aliphatic carbocycles. The molecule has 2 rings (SSSR count). The lowest BCUT2D eigenvalue weighted by Gasteiger charge is -2.30. The molecule has 1 heterocycles. The number of benzene rings is 1. The van der Waals surface area contributed by atoms with Crippen molar-refractivity contribution in [3.05, 3.63) is 35.1 Å². The molecule has 1 aliphatic rings. The minimum Gasteiger partial charge on any atom is -0.330 e. The topological polar surface area (TPSA) is 83.6 Å². The predicted molar refractivity (Wildman–Crippen MR) is 70.1 cm³/mol. The zero-order valence-corrected chi connectivity index (χ0v) is 11.3. The number of halogens is 1. The fourth-order valence-corrected chi connectivity index (χ4v) is 2.23. The van der Waals surface area contributed by atoms with Crippen molar-refractivity contribution in [1.82, 2.24) is 10.2 Å². The molecule has 1 fully saturated rings. The van der Waals surface area contributed by atoms with E-state index in [-0.39, 0.29) is 24.0 Å². The van der Waals surface area contributed by atoms with E-state index in [4.69, 9.17) is 0 Å². The molecule has 7 heteroatoms. The number of carbonyl (C=O) groups is 4. The van der Waals surface area contributed by atoms with E-state index in [1.165, 1.54) is 19.2 Å². The molecule has 6 nitrogen and oxygen atoms in total. The number of amides is 3. The van der Waals surface area contributed by atoms with Gasteiger partial charge >= 0.3 is 0 Å². The average molecular weight is 292 g/mol. The second-order valence-corrected chi connectivity index (χ2v) is 4.70. The van der Waals surface area contributed by atoms with Crippen molar-refractivity contribution in [2.75, 3.05) is 7.05 Å². The van der Waals surface area contributed by atoms with Crippen LogP contribution in [0.5, 0.6) is 0 Å². The van der Waals surface area contributed by atoms with Gasteiger partial charge in [0.25, 0.3) is 5.91 Å². The Balaban J connectivity index is 2.30. The molecular weight excluding hydrogens is 279 g/mol. The lowest BCUT2D eigenvalue weighted by Crippen LogP contribution is -2.53. The minimum atomic E-state index is -0.866.